The zero-order valence-corrected chi connectivity index (χ0v) is 13.9. The van der Waals surface area contributed by atoms with Crippen molar-refractivity contribution in [3.63, 3.8) is 0 Å². The first kappa shape index (κ1) is 14.6. The Morgan fingerprint density at radius 2 is 1.96 bits per heavy atom. The fraction of sp³-hybridized carbons (Fsp3) is 0.444. The first-order valence-corrected chi connectivity index (χ1v) is 8.82. The van der Waals surface area contributed by atoms with Crippen molar-refractivity contribution >= 4 is 16.9 Å². The Kier molecular flexibility index (Phi) is 3.33. The Morgan fingerprint density at radius 3 is 2.64 bits per heavy atom. The van der Waals surface area contributed by atoms with Gasteiger partial charge in [0.25, 0.3) is 0 Å². The lowest BCUT2D eigenvalue weighted by atomic mass is 9.85. The second-order valence-electron chi connectivity index (χ2n) is 6.83. The van der Waals surface area contributed by atoms with E-state index in [9.17, 15) is 4.79 Å². The Labute approximate surface area is 144 Å². The molecule has 2 aromatic heterocycles. The highest BCUT2D eigenvalue weighted by molar-refractivity contribution is 5.77. The molecule has 7 heteroatoms. The predicted octanol–water partition coefficient (Wildman–Crippen LogP) is 2.27. The fourth-order valence-corrected chi connectivity index (χ4v) is 3.46. The van der Waals surface area contributed by atoms with Crippen LogP contribution in [0, 0.1) is 0 Å². The van der Waals surface area contributed by atoms with E-state index in [4.69, 9.17) is 4.42 Å². The van der Waals surface area contributed by atoms with Crippen molar-refractivity contribution in [3.8, 4) is 0 Å². The van der Waals surface area contributed by atoms with Gasteiger partial charge in [0.2, 0.25) is 5.91 Å². The Balaban J connectivity index is 1.30. The number of rotatable bonds is 3. The van der Waals surface area contributed by atoms with Crippen LogP contribution in [0.1, 0.15) is 42.5 Å². The van der Waals surface area contributed by atoms with Crippen molar-refractivity contribution < 1.29 is 9.21 Å². The van der Waals surface area contributed by atoms with Gasteiger partial charge in [-0.25, -0.2) is 4.98 Å². The van der Waals surface area contributed by atoms with Crippen LogP contribution in [0.15, 0.2) is 28.7 Å². The molecule has 1 aliphatic carbocycles. The number of fused-ring (bicyclic) bond motifs is 2. The van der Waals surface area contributed by atoms with Gasteiger partial charge in [-0.05, 0) is 25.0 Å². The van der Waals surface area contributed by atoms with Crippen molar-refractivity contribution in [3.05, 3.63) is 41.6 Å². The molecular formula is C18H19N5O2. The van der Waals surface area contributed by atoms with Gasteiger partial charge in [0, 0.05) is 18.9 Å². The van der Waals surface area contributed by atoms with E-state index >= 15 is 0 Å². The highest BCUT2D eigenvalue weighted by atomic mass is 16.4. The van der Waals surface area contributed by atoms with Crippen LogP contribution in [-0.4, -0.2) is 37.3 Å². The Bertz CT molecular complexity index is 907. The van der Waals surface area contributed by atoms with Gasteiger partial charge in [-0.2, -0.15) is 15.0 Å². The molecule has 0 N–H and O–H groups in total. The molecule has 2 aliphatic rings. The van der Waals surface area contributed by atoms with Crippen molar-refractivity contribution in [2.24, 2.45) is 0 Å². The normalized spacial score (nSPS) is 17.5. The maximum absolute atomic E-state index is 12.6. The number of carbonyl (C=O) groups is 1. The first-order chi connectivity index (χ1) is 12.3. The average molecular weight is 337 g/mol. The highest BCUT2D eigenvalue weighted by Crippen LogP contribution is 2.37. The number of benzene rings is 1. The van der Waals surface area contributed by atoms with Crippen LogP contribution in [-0.2, 0) is 24.3 Å². The smallest absolute Gasteiger partial charge is 0.246 e. The molecule has 0 bridgehead atoms. The molecule has 1 amide bonds. The van der Waals surface area contributed by atoms with E-state index in [0.29, 0.717) is 19.0 Å². The van der Waals surface area contributed by atoms with Crippen LogP contribution in [0.4, 0.5) is 0 Å². The molecule has 128 valence electrons. The Morgan fingerprint density at radius 1 is 1.20 bits per heavy atom. The zero-order valence-electron chi connectivity index (χ0n) is 13.9. The molecule has 25 heavy (non-hydrogen) atoms. The van der Waals surface area contributed by atoms with Crippen LogP contribution >= 0.6 is 0 Å². The molecule has 0 spiro atoms. The molecule has 0 unspecified atom stereocenters. The summed E-state index contributed by atoms with van der Waals surface area (Å²) in [6.07, 6.45) is 4.32. The van der Waals surface area contributed by atoms with Gasteiger partial charge in [-0.3, -0.25) is 4.79 Å². The molecule has 5 rings (SSSR count). The lowest BCUT2D eigenvalue weighted by molar-refractivity contribution is -0.133. The van der Waals surface area contributed by atoms with Crippen LogP contribution in [0.3, 0.4) is 0 Å². The second-order valence-corrected chi connectivity index (χ2v) is 6.83. The molecule has 0 saturated heterocycles. The molecule has 1 fully saturated rings. The lowest BCUT2D eigenvalue weighted by Gasteiger charge is -2.25. The van der Waals surface area contributed by atoms with E-state index in [0.717, 1.165) is 34.8 Å². The molecular weight excluding hydrogens is 318 g/mol. The quantitative estimate of drug-likeness (QED) is 0.733. The van der Waals surface area contributed by atoms with E-state index in [1.807, 2.05) is 29.2 Å². The molecule has 0 atom stereocenters. The summed E-state index contributed by atoms with van der Waals surface area (Å²) in [6.45, 7) is 1.33. The number of hydrogen-bond acceptors (Lipinski definition) is 5. The van der Waals surface area contributed by atoms with Crippen LogP contribution in [0.25, 0.3) is 11.0 Å². The maximum atomic E-state index is 12.6. The van der Waals surface area contributed by atoms with Gasteiger partial charge in [-0.15, -0.1) is 0 Å². The third-order valence-electron chi connectivity index (χ3n) is 5.16. The third kappa shape index (κ3) is 2.59. The topological polar surface area (TPSA) is 77.0 Å². The fourth-order valence-electron chi connectivity index (χ4n) is 3.46. The van der Waals surface area contributed by atoms with Crippen molar-refractivity contribution in [2.75, 3.05) is 6.54 Å². The maximum Gasteiger partial charge on any atom is 0.246 e. The number of oxazole rings is 1. The summed E-state index contributed by atoms with van der Waals surface area (Å²) in [4.78, 5) is 20.6. The van der Waals surface area contributed by atoms with Crippen molar-refractivity contribution in [2.45, 2.75) is 44.7 Å². The van der Waals surface area contributed by atoms with Gasteiger partial charge < -0.3 is 9.32 Å². The summed E-state index contributed by atoms with van der Waals surface area (Å²) >= 11 is 0. The van der Waals surface area contributed by atoms with Crippen LogP contribution in [0.5, 0.6) is 0 Å². The monoisotopic (exact) mass is 337 g/mol. The van der Waals surface area contributed by atoms with E-state index in [-0.39, 0.29) is 12.5 Å². The number of hydrogen-bond donors (Lipinski definition) is 0. The number of nitrogens with zero attached hydrogens (tertiary/aromatic N) is 5. The van der Waals surface area contributed by atoms with E-state index in [2.05, 4.69) is 15.2 Å². The summed E-state index contributed by atoms with van der Waals surface area (Å²) < 4.78 is 5.92. The summed E-state index contributed by atoms with van der Waals surface area (Å²) in [6, 6.07) is 7.63. The van der Waals surface area contributed by atoms with Gasteiger partial charge in [0.05, 0.1) is 6.54 Å². The molecule has 3 heterocycles. The Hall–Kier alpha value is -2.70. The molecule has 1 saturated carbocycles. The molecule has 7 nitrogen and oxygen atoms in total. The van der Waals surface area contributed by atoms with Crippen molar-refractivity contribution in [1.82, 2.24) is 24.9 Å². The molecule has 1 aliphatic heterocycles. The van der Waals surface area contributed by atoms with Gasteiger partial charge in [0.1, 0.15) is 29.0 Å². The lowest BCUT2D eigenvalue weighted by Crippen LogP contribution is -2.38. The summed E-state index contributed by atoms with van der Waals surface area (Å²) in [5.41, 5.74) is 2.52. The minimum atomic E-state index is 0.0131. The summed E-state index contributed by atoms with van der Waals surface area (Å²) in [5, 5.41) is 8.72. The summed E-state index contributed by atoms with van der Waals surface area (Å²) in [7, 11) is 0. The largest absolute Gasteiger partial charge is 0.445 e. The van der Waals surface area contributed by atoms with Gasteiger partial charge in [-0.1, -0.05) is 18.6 Å². The summed E-state index contributed by atoms with van der Waals surface area (Å²) in [5.74, 6) is 2.31. The number of aromatic nitrogens is 4. The average Bonchev–Trinajstić information content (AvgIpc) is 3.14. The predicted molar refractivity (Wildman–Crippen MR) is 89.7 cm³/mol. The van der Waals surface area contributed by atoms with E-state index in [1.54, 1.807) is 0 Å². The third-order valence-corrected chi connectivity index (χ3v) is 5.16. The minimum Gasteiger partial charge on any atom is -0.445 e. The SMILES string of the molecule is O=C(Cn1nc2ccccc2n1)N1CCc2oc(C3CCC3)nc2C1. The van der Waals surface area contributed by atoms with Crippen LogP contribution < -0.4 is 0 Å². The van der Waals surface area contributed by atoms with E-state index in [1.165, 1.54) is 24.1 Å². The standard InChI is InChI=1S/C18H19N5O2/c24-17(11-23-20-13-6-1-2-7-14(13)21-23)22-9-8-16-15(10-22)19-18(25-16)12-4-3-5-12/h1-2,6-7,12H,3-5,8-11H2. The highest BCUT2D eigenvalue weighted by Gasteiger charge is 2.30. The molecule has 1 aromatic carbocycles. The van der Waals surface area contributed by atoms with Gasteiger partial charge in [0.15, 0.2) is 5.89 Å². The molecule has 0 radical (unpaired) electrons. The van der Waals surface area contributed by atoms with Gasteiger partial charge >= 0.3 is 0 Å². The van der Waals surface area contributed by atoms with E-state index < -0.39 is 0 Å². The number of carbonyl (C=O) groups excluding carboxylic acids is 1. The van der Waals surface area contributed by atoms with Crippen molar-refractivity contribution in [1.29, 1.82) is 0 Å². The zero-order chi connectivity index (χ0) is 16.8. The minimum absolute atomic E-state index is 0.0131. The van der Waals surface area contributed by atoms with Crippen LogP contribution in [0.2, 0.25) is 0 Å². The first-order valence-electron chi connectivity index (χ1n) is 8.82. The number of amides is 1. The molecule has 3 aromatic rings. The second kappa shape index (κ2) is 5.68.